The Hall–Kier alpha value is -1.78. The van der Waals surface area contributed by atoms with Gasteiger partial charge in [-0.25, -0.2) is 9.78 Å². The van der Waals surface area contributed by atoms with Gasteiger partial charge < -0.3 is 14.2 Å². The lowest BCUT2D eigenvalue weighted by Crippen LogP contribution is -2.15. The van der Waals surface area contributed by atoms with Crippen LogP contribution in [0.5, 0.6) is 11.5 Å². The molecule has 1 aliphatic carbocycles. The van der Waals surface area contributed by atoms with E-state index in [4.69, 9.17) is 9.47 Å². The molecule has 1 aromatic rings. The molecule has 0 radical (unpaired) electrons. The molecule has 0 aromatic carbocycles. The van der Waals surface area contributed by atoms with Gasteiger partial charge in [0.25, 0.3) is 0 Å². The van der Waals surface area contributed by atoms with E-state index in [1.807, 2.05) is 6.92 Å². The average Bonchev–Trinajstić information content (AvgIpc) is 3.22. The molecule has 5 heteroatoms. The third-order valence-corrected chi connectivity index (χ3v) is 3.04. The molecule has 1 atom stereocenters. The largest absolute Gasteiger partial charge is 0.493 e. The summed E-state index contributed by atoms with van der Waals surface area (Å²) in [6.45, 7) is 2.03. The van der Waals surface area contributed by atoms with Gasteiger partial charge in [0, 0.05) is 6.07 Å². The first-order valence-corrected chi connectivity index (χ1v) is 5.94. The van der Waals surface area contributed by atoms with Crippen LogP contribution in [0.2, 0.25) is 0 Å². The zero-order valence-electron chi connectivity index (χ0n) is 10.8. The fraction of sp³-hybridized carbons (Fsp3) is 0.538. The monoisotopic (exact) mass is 251 g/mol. The fourth-order valence-corrected chi connectivity index (χ4v) is 1.75. The van der Waals surface area contributed by atoms with E-state index in [2.05, 4.69) is 9.72 Å². The fourth-order valence-electron chi connectivity index (χ4n) is 1.75. The van der Waals surface area contributed by atoms with Crippen molar-refractivity contribution in [2.75, 3.05) is 14.2 Å². The van der Waals surface area contributed by atoms with Crippen LogP contribution in [0, 0.1) is 5.92 Å². The van der Waals surface area contributed by atoms with Gasteiger partial charge in [0.2, 0.25) is 0 Å². The number of carbonyl (C=O) groups excluding carboxylic acids is 1. The first-order chi connectivity index (χ1) is 8.65. The van der Waals surface area contributed by atoms with Gasteiger partial charge in [-0.3, -0.25) is 0 Å². The van der Waals surface area contributed by atoms with Crippen molar-refractivity contribution in [3.8, 4) is 11.5 Å². The molecule has 0 unspecified atom stereocenters. The molecule has 98 valence electrons. The van der Waals surface area contributed by atoms with Crippen LogP contribution in [0.15, 0.2) is 12.3 Å². The molecule has 0 amide bonds. The number of hydrogen-bond donors (Lipinski definition) is 0. The number of pyridine rings is 1. The van der Waals surface area contributed by atoms with Crippen LogP contribution in [-0.4, -0.2) is 31.3 Å². The number of rotatable bonds is 5. The summed E-state index contributed by atoms with van der Waals surface area (Å²) in [6, 6.07) is 1.53. The number of carbonyl (C=O) groups is 1. The van der Waals surface area contributed by atoms with E-state index in [0.29, 0.717) is 17.4 Å². The first kappa shape index (κ1) is 12.7. The number of esters is 1. The quantitative estimate of drug-likeness (QED) is 0.750. The molecular formula is C13H17NO4. The van der Waals surface area contributed by atoms with Gasteiger partial charge in [0.05, 0.1) is 26.5 Å². The summed E-state index contributed by atoms with van der Waals surface area (Å²) in [5.74, 6) is 1.19. The summed E-state index contributed by atoms with van der Waals surface area (Å²) in [5.41, 5.74) is 0.209. The van der Waals surface area contributed by atoms with Crippen LogP contribution in [0.3, 0.4) is 0 Å². The first-order valence-electron chi connectivity index (χ1n) is 5.94. The summed E-state index contributed by atoms with van der Waals surface area (Å²) in [4.78, 5) is 15.4. The number of aromatic nitrogens is 1. The van der Waals surface area contributed by atoms with Gasteiger partial charge in [-0.1, -0.05) is 0 Å². The molecule has 1 saturated carbocycles. The normalized spacial score (nSPS) is 15.9. The predicted octanol–water partition coefficient (Wildman–Crippen LogP) is 2.05. The van der Waals surface area contributed by atoms with E-state index in [1.54, 1.807) is 0 Å². The third-order valence-electron chi connectivity index (χ3n) is 3.04. The summed E-state index contributed by atoms with van der Waals surface area (Å²) < 4.78 is 15.6. The van der Waals surface area contributed by atoms with Crippen molar-refractivity contribution in [3.63, 3.8) is 0 Å². The highest BCUT2D eigenvalue weighted by Crippen LogP contribution is 2.36. The molecule has 1 aliphatic rings. The lowest BCUT2D eigenvalue weighted by molar-refractivity contribution is 0.0593. The molecule has 0 aliphatic heterocycles. The van der Waals surface area contributed by atoms with E-state index in [-0.39, 0.29) is 11.8 Å². The van der Waals surface area contributed by atoms with Gasteiger partial charge in [-0.2, -0.15) is 0 Å². The van der Waals surface area contributed by atoms with Gasteiger partial charge in [-0.15, -0.1) is 0 Å². The van der Waals surface area contributed by atoms with Crippen molar-refractivity contribution < 1.29 is 19.0 Å². The standard InChI is InChI=1S/C13H17NO4/c1-8(9-4-5-9)18-12-7-14-10(13(15)17-3)6-11(12)16-2/h6-9H,4-5H2,1-3H3/t8-/m0/s1. The van der Waals surface area contributed by atoms with Gasteiger partial charge in [0.1, 0.15) is 0 Å². The Kier molecular flexibility index (Phi) is 3.69. The van der Waals surface area contributed by atoms with Crippen molar-refractivity contribution in [3.05, 3.63) is 18.0 Å². The minimum Gasteiger partial charge on any atom is -0.493 e. The van der Waals surface area contributed by atoms with Crippen molar-refractivity contribution in [2.24, 2.45) is 5.92 Å². The summed E-state index contributed by atoms with van der Waals surface area (Å²) in [7, 11) is 2.85. The van der Waals surface area contributed by atoms with Crippen molar-refractivity contribution in [2.45, 2.75) is 25.9 Å². The summed E-state index contributed by atoms with van der Waals surface area (Å²) in [5, 5.41) is 0. The van der Waals surface area contributed by atoms with Crippen LogP contribution in [-0.2, 0) is 4.74 Å². The molecule has 0 spiro atoms. The van der Waals surface area contributed by atoms with E-state index in [0.717, 1.165) is 0 Å². The maximum Gasteiger partial charge on any atom is 0.356 e. The van der Waals surface area contributed by atoms with Gasteiger partial charge >= 0.3 is 5.97 Å². The van der Waals surface area contributed by atoms with E-state index in [1.165, 1.54) is 39.3 Å². The van der Waals surface area contributed by atoms with Crippen LogP contribution in [0.4, 0.5) is 0 Å². The minimum absolute atomic E-state index is 0.143. The Bertz CT molecular complexity index is 443. The van der Waals surface area contributed by atoms with Crippen molar-refractivity contribution in [1.82, 2.24) is 4.98 Å². The molecule has 1 fully saturated rings. The minimum atomic E-state index is -0.491. The maximum absolute atomic E-state index is 11.4. The molecular weight excluding hydrogens is 234 g/mol. The van der Waals surface area contributed by atoms with Crippen LogP contribution >= 0.6 is 0 Å². The molecule has 0 saturated heterocycles. The van der Waals surface area contributed by atoms with E-state index >= 15 is 0 Å². The van der Waals surface area contributed by atoms with Crippen LogP contribution in [0.1, 0.15) is 30.3 Å². The molecule has 0 bridgehead atoms. The smallest absolute Gasteiger partial charge is 0.356 e. The highest BCUT2D eigenvalue weighted by atomic mass is 16.5. The second-order valence-corrected chi connectivity index (χ2v) is 4.37. The lowest BCUT2D eigenvalue weighted by Gasteiger charge is -2.16. The topological polar surface area (TPSA) is 57.7 Å². The third kappa shape index (κ3) is 2.72. The molecule has 1 heterocycles. The second-order valence-electron chi connectivity index (χ2n) is 4.37. The molecule has 0 N–H and O–H groups in total. The van der Waals surface area contributed by atoms with E-state index in [9.17, 15) is 4.79 Å². The lowest BCUT2D eigenvalue weighted by atomic mass is 10.2. The Labute approximate surface area is 106 Å². The number of methoxy groups -OCH3 is 2. The number of nitrogens with zero attached hydrogens (tertiary/aromatic N) is 1. The van der Waals surface area contributed by atoms with E-state index < -0.39 is 5.97 Å². The molecule has 1 aromatic heterocycles. The molecule has 18 heavy (non-hydrogen) atoms. The Balaban J connectivity index is 2.16. The molecule has 5 nitrogen and oxygen atoms in total. The van der Waals surface area contributed by atoms with Crippen molar-refractivity contribution in [1.29, 1.82) is 0 Å². The Morgan fingerprint density at radius 2 is 2.11 bits per heavy atom. The highest BCUT2D eigenvalue weighted by Gasteiger charge is 2.30. The zero-order valence-corrected chi connectivity index (χ0v) is 10.8. The second kappa shape index (κ2) is 5.25. The highest BCUT2D eigenvalue weighted by molar-refractivity contribution is 5.87. The molecule has 2 rings (SSSR count). The average molecular weight is 251 g/mol. The number of ether oxygens (including phenoxy) is 3. The SMILES string of the molecule is COC(=O)c1cc(OC)c(O[C@@H](C)C2CC2)cn1. The van der Waals surface area contributed by atoms with Gasteiger partial charge in [-0.05, 0) is 25.7 Å². The van der Waals surface area contributed by atoms with Crippen LogP contribution in [0.25, 0.3) is 0 Å². The maximum atomic E-state index is 11.4. The predicted molar refractivity (Wildman–Crippen MR) is 64.9 cm³/mol. The zero-order chi connectivity index (χ0) is 13.1. The Morgan fingerprint density at radius 1 is 1.39 bits per heavy atom. The van der Waals surface area contributed by atoms with Crippen LogP contribution < -0.4 is 9.47 Å². The summed E-state index contributed by atoms with van der Waals surface area (Å²) >= 11 is 0. The Morgan fingerprint density at radius 3 is 2.67 bits per heavy atom. The number of hydrogen-bond acceptors (Lipinski definition) is 5. The summed E-state index contributed by atoms with van der Waals surface area (Å²) in [6.07, 6.45) is 4.06. The van der Waals surface area contributed by atoms with Crippen molar-refractivity contribution >= 4 is 5.97 Å². The van der Waals surface area contributed by atoms with Gasteiger partial charge in [0.15, 0.2) is 17.2 Å².